The summed E-state index contributed by atoms with van der Waals surface area (Å²) in [5.74, 6) is 1.79. The van der Waals surface area contributed by atoms with Crippen LogP contribution in [0.1, 0.15) is 0 Å². The summed E-state index contributed by atoms with van der Waals surface area (Å²) in [6, 6.07) is 70.2. The van der Waals surface area contributed by atoms with Gasteiger partial charge in [-0.1, -0.05) is 127 Å². The van der Waals surface area contributed by atoms with Crippen molar-refractivity contribution in [1.29, 1.82) is 0 Å². The Morgan fingerprint density at radius 2 is 0.927 bits per heavy atom. The van der Waals surface area contributed by atoms with Gasteiger partial charge in [-0.25, -0.2) is 0 Å². The van der Waals surface area contributed by atoms with E-state index in [9.17, 15) is 0 Å². The van der Waals surface area contributed by atoms with Crippen LogP contribution in [0.25, 0.3) is 99.1 Å². The molecule has 1 aliphatic heterocycles. The average Bonchev–Trinajstić information content (AvgIpc) is 3.77. The quantitative estimate of drug-likeness (QED) is 0.179. The lowest BCUT2D eigenvalue weighted by atomic mass is 9.91. The van der Waals surface area contributed by atoms with Gasteiger partial charge in [-0.2, -0.15) is 0 Å². The molecule has 0 spiro atoms. The second-order valence-corrected chi connectivity index (χ2v) is 14.5. The number of fused-ring (bicyclic) bond motifs is 9. The molecular formula is C52H32N2O. The molecule has 55 heavy (non-hydrogen) atoms. The molecule has 0 fully saturated rings. The van der Waals surface area contributed by atoms with Crippen LogP contribution in [0.3, 0.4) is 0 Å². The molecule has 3 heteroatoms. The van der Waals surface area contributed by atoms with Gasteiger partial charge in [0, 0.05) is 43.9 Å². The second-order valence-electron chi connectivity index (χ2n) is 14.5. The summed E-state index contributed by atoms with van der Waals surface area (Å²) < 4.78 is 11.4. The standard InChI is InChI=1S/C52H32N2O/c1-3-14-33(15-4-1)34-16-11-19-37(30-34)54-45-29-28-35(38-22-12-25-46-50(38)40-21-7-9-24-44(40)53(46)36-17-5-2-6-18-36)31-43(45)51-41-23-13-27-49-52(41)42(32-47(51)54)39-20-8-10-26-48(39)55-49/h1-32H. The predicted molar refractivity (Wildman–Crippen MR) is 229 cm³/mol. The van der Waals surface area contributed by atoms with Crippen LogP contribution in [-0.2, 0) is 0 Å². The summed E-state index contributed by atoms with van der Waals surface area (Å²) in [6.45, 7) is 0. The molecule has 0 amide bonds. The first-order valence-corrected chi connectivity index (χ1v) is 18.9. The summed E-state index contributed by atoms with van der Waals surface area (Å²) in [5, 5.41) is 7.29. The molecule has 11 aromatic rings. The van der Waals surface area contributed by atoms with Crippen molar-refractivity contribution in [2.24, 2.45) is 0 Å². The normalized spacial score (nSPS) is 12.1. The van der Waals surface area contributed by atoms with E-state index in [1.807, 2.05) is 6.07 Å². The first-order valence-electron chi connectivity index (χ1n) is 18.9. The van der Waals surface area contributed by atoms with Gasteiger partial charge in [0.15, 0.2) is 0 Å². The predicted octanol–water partition coefficient (Wildman–Crippen LogP) is 14.1. The third-order valence-corrected chi connectivity index (χ3v) is 11.5. The molecule has 0 radical (unpaired) electrons. The lowest BCUT2D eigenvalue weighted by Crippen LogP contribution is -1.99. The maximum absolute atomic E-state index is 6.58. The molecule has 2 aromatic heterocycles. The number of rotatable bonds is 4. The van der Waals surface area contributed by atoms with Gasteiger partial charge in [0.2, 0.25) is 0 Å². The number of hydrogen-bond donors (Lipinski definition) is 0. The van der Waals surface area contributed by atoms with E-state index >= 15 is 0 Å². The summed E-state index contributed by atoms with van der Waals surface area (Å²) in [6.07, 6.45) is 0. The van der Waals surface area contributed by atoms with E-state index in [1.165, 1.54) is 76.8 Å². The van der Waals surface area contributed by atoms with Gasteiger partial charge < -0.3 is 13.9 Å². The van der Waals surface area contributed by atoms with Crippen LogP contribution in [0.2, 0.25) is 0 Å². The average molecular weight is 701 g/mol. The van der Waals surface area contributed by atoms with E-state index in [2.05, 4.69) is 197 Å². The number of nitrogens with zero attached hydrogens (tertiary/aromatic N) is 2. The highest BCUT2D eigenvalue weighted by Gasteiger charge is 2.25. The molecule has 9 aromatic carbocycles. The first kappa shape index (κ1) is 30.1. The van der Waals surface area contributed by atoms with Crippen LogP contribution >= 0.6 is 0 Å². The minimum absolute atomic E-state index is 0.889. The first-order chi connectivity index (χ1) is 27.3. The third-order valence-electron chi connectivity index (χ3n) is 11.5. The fraction of sp³-hybridized carbons (Fsp3) is 0. The molecule has 0 bridgehead atoms. The largest absolute Gasteiger partial charge is 0.456 e. The van der Waals surface area contributed by atoms with Crippen LogP contribution in [0, 0.1) is 0 Å². The van der Waals surface area contributed by atoms with Crippen LogP contribution in [-0.4, -0.2) is 9.13 Å². The number of benzene rings is 9. The van der Waals surface area contributed by atoms with Gasteiger partial charge in [0.05, 0.1) is 22.1 Å². The van der Waals surface area contributed by atoms with Crippen molar-refractivity contribution < 1.29 is 4.74 Å². The SMILES string of the molecule is c1ccc(-c2cccc(-n3c4ccc(-c5cccc6c5c5ccccc5n6-c5ccccc5)cc4c4c5cccc6c5c(cc43)-c3ccccc3O6)c2)cc1. The van der Waals surface area contributed by atoms with E-state index < -0.39 is 0 Å². The molecule has 12 rings (SSSR count). The zero-order valence-electron chi connectivity index (χ0n) is 29.8. The van der Waals surface area contributed by atoms with Gasteiger partial charge in [-0.15, -0.1) is 0 Å². The molecule has 0 saturated heterocycles. The Balaban J connectivity index is 1.19. The molecule has 0 aliphatic carbocycles. The van der Waals surface area contributed by atoms with Gasteiger partial charge in [-0.3, -0.25) is 0 Å². The zero-order chi connectivity index (χ0) is 36.0. The lowest BCUT2D eigenvalue weighted by molar-refractivity contribution is 0.487. The van der Waals surface area contributed by atoms with Crippen LogP contribution < -0.4 is 4.74 Å². The Morgan fingerprint density at radius 1 is 0.291 bits per heavy atom. The summed E-state index contributed by atoms with van der Waals surface area (Å²) in [5.41, 5.74) is 14.1. The number of aromatic nitrogens is 2. The number of ether oxygens (including phenoxy) is 1. The topological polar surface area (TPSA) is 19.1 Å². The van der Waals surface area contributed by atoms with Crippen LogP contribution in [0.4, 0.5) is 0 Å². The molecule has 256 valence electrons. The Hall–Kier alpha value is -7.36. The Bertz CT molecular complexity index is 3330. The molecule has 1 aliphatic rings. The lowest BCUT2D eigenvalue weighted by Gasteiger charge is -2.22. The van der Waals surface area contributed by atoms with E-state index in [4.69, 9.17) is 4.74 Å². The fourth-order valence-corrected chi connectivity index (χ4v) is 9.17. The molecule has 0 saturated carbocycles. The smallest absolute Gasteiger partial charge is 0.135 e. The Kier molecular flexibility index (Phi) is 6.34. The molecule has 3 nitrogen and oxygen atoms in total. The number of hydrogen-bond acceptors (Lipinski definition) is 1. The van der Waals surface area contributed by atoms with E-state index in [0.29, 0.717) is 0 Å². The molecule has 3 heterocycles. The van der Waals surface area contributed by atoms with Crippen molar-refractivity contribution in [2.75, 3.05) is 0 Å². The minimum Gasteiger partial charge on any atom is -0.456 e. The van der Waals surface area contributed by atoms with Crippen LogP contribution in [0.15, 0.2) is 194 Å². The number of para-hydroxylation sites is 3. The van der Waals surface area contributed by atoms with E-state index in [0.717, 1.165) is 33.8 Å². The van der Waals surface area contributed by atoms with Gasteiger partial charge >= 0.3 is 0 Å². The van der Waals surface area contributed by atoms with Gasteiger partial charge in [0.1, 0.15) is 11.5 Å². The van der Waals surface area contributed by atoms with E-state index in [-0.39, 0.29) is 0 Å². The summed E-state index contributed by atoms with van der Waals surface area (Å²) in [7, 11) is 0. The maximum Gasteiger partial charge on any atom is 0.135 e. The molecular weight excluding hydrogens is 669 g/mol. The van der Waals surface area contributed by atoms with Gasteiger partial charge in [0.25, 0.3) is 0 Å². The zero-order valence-corrected chi connectivity index (χ0v) is 29.8. The highest BCUT2D eigenvalue weighted by Crippen LogP contribution is 2.51. The van der Waals surface area contributed by atoms with Crippen molar-refractivity contribution in [1.82, 2.24) is 9.13 Å². The summed E-state index contributed by atoms with van der Waals surface area (Å²) >= 11 is 0. The van der Waals surface area contributed by atoms with Crippen molar-refractivity contribution in [3.63, 3.8) is 0 Å². The molecule has 0 N–H and O–H groups in total. The molecule has 0 atom stereocenters. The van der Waals surface area contributed by atoms with Crippen LogP contribution in [0.5, 0.6) is 11.5 Å². The fourth-order valence-electron chi connectivity index (χ4n) is 9.17. The van der Waals surface area contributed by atoms with Crippen molar-refractivity contribution in [2.45, 2.75) is 0 Å². The van der Waals surface area contributed by atoms with E-state index in [1.54, 1.807) is 0 Å². The summed E-state index contributed by atoms with van der Waals surface area (Å²) in [4.78, 5) is 0. The van der Waals surface area contributed by atoms with Crippen molar-refractivity contribution >= 4 is 54.4 Å². The Labute approximate surface area is 317 Å². The monoisotopic (exact) mass is 700 g/mol. The van der Waals surface area contributed by atoms with Crippen molar-refractivity contribution in [3.8, 4) is 56.3 Å². The van der Waals surface area contributed by atoms with Gasteiger partial charge in [-0.05, 0) is 99.9 Å². The highest BCUT2D eigenvalue weighted by atomic mass is 16.5. The second kappa shape index (κ2) is 11.6. The third kappa shape index (κ3) is 4.38. The Morgan fingerprint density at radius 3 is 1.84 bits per heavy atom. The minimum atomic E-state index is 0.889. The van der Waals surface area contributed by atoms with Crippen molar-refractivity contribution in [3.05, 3.63) is 194 Å². The highest BCUT2D eigenvalue weighted by molar-refractivity contribution is 6.27. The maximum atomic E-state index is 6.58. The molecule has 0 unspecified atom stereocenters.